The summed E-state index contributed by atoms with van der Waals surface area (Å²) in [6.45, 7) is 1.88. The lowest BCUT2D eigenvalue weighted by atomic mass is 10.1. The molecule has 1 aromatic carbocycles. The van der Waals surface area contributed by atoms with Crippen molar-refractivity contribution in [2.45, 2.75) is 26.1 Å². The van der Waals surface area contributed by atoms with Crippen molar-refractivity contribution < 1.29 is 27.4 Å². The molecule has 0 fully saturated rings. The summed E-state index contributed by atoms with van der Waals surface area (Å²) in [6.07, 6.45) is -4.72. The summed E-state index contributed by atoms with van der Waals surface area (Å²) in [5, 5.41) is -0.0643. The van der Waals surface area contributed by atoms with Crippen molar-refractivity contribution in [1.82, 2.24) is 0 Å². The van der Waals surface area contributed by atoms with Gasteiger partial charge in [-0.1, -0.05) is 11.6 Å². The Morgan fingerprint density at radius 2 is 2.05 bits per heavy atom. The second-order valence-corrected chi connectivity index (χ2v) is 4.24. The van der Waals surface area contributed by atoms with Crippen molar-refractivity contribution in [2.75, 3.05) is 12.3 Å². The molecule has 1 rings (SSSR count). The van der Waals surface area contributed by atoms with Gasteiger partial charge >= 0.3 is 12.3 Å². The predicted octanol–water partition coefficient (Wildman–Crippen LogP) is 3.32. The van der Waals surface area contributed by atoms with Crippen LogP contribution in [-0.4, -0.2) is 18.9 Å². The fourth-order valence-electron chi connectivity index (χ4n) is 1.52. The third kappa shape index (κ3) is 5.16. The van der Waals surface area contributed by atoms with E-state index >= 15 is 0 Å². The standard InChI is InChI=1S/C12H13ClF3NO3/c1-2-19-10(18)4-3-7-5-8(20-12(14,15)16)6-9(13)11(7)17/h5-6H,2-4,17H2,1H3. The van der Waals surface area contributed by atoms with E-state index in [-0.39, 0.29) is 30.2 Å². The van der Waals surface area contributed by atoms with Crippen LogP contribution in [0.15, 0.2) is 12.1 Å². The molecule has 0 aliphatic heterocycles. The second-order valence-electron chi connectivity index (χ2n) is 3.83. The number of ether oxygens (including phenoxy) is 2. The van der Waals surface area contributed by atoms with Gasteiger partial charge in [-0.3, -0.25) is 4.79 Å². The lowest BCUT2D eigenvalue weighted by Crippen LogP contribution is -2.17. The Hall–Kier alpha value is -1.63. The number of alkyl halides is 3. The fraction of sp³-hybridized carbons (Fsp3) is 0.417. The normalized spacial score (nSPS) is 11.2. The number of nitrogen functional groups attached to an aromatic ring is 1. The number of halogens is 4. The molecule has 0 saturated carbocycles. The highest BCUT2D eigenvalue weighted by atomic mass is 35.5. The van der Waals surface area contributed by atoms with Crippen molar-refractivity contribution in [2.24, 2.45) is 0 Å². The highest BCUT2D eigenvalue weighted by molar-refractivity contribution is 6.33. The molecule has 0 unspecified atom stereocenters. The largest absolute Gasteiger partial charge is 0.573 e. The summed E-state index contributed by atoms with van der Waals surface area (Å²) >= 11 is 5.74. The lowest BCUT2D eigenvalue weighted by molar-refractivity contribution is -0.274. The molecule has 0 heterocycles. The van der Waals surface area contributed by atoms with Gasteiger partial charge in [-0.05, 0) is 25.0 Å². The smallest absolute Gasteiger partial charge is 0.466 e. The van der Waals surface area contributed by atoms with E-state index in [9.17, 15) is 18.0 Å². The minimum absolute atomic E-state index is 0.0101. The number of carbonyl (C=O) groups is 1. The van der Waals surface area contributed by atoms with E-state index in [1.165, 1.54) is 0 Å². The molecule has 0 radical (unpaired) electrons. The first kappa shape index (κ1) is 16.4. The van der Waals surface area contributed by atoms with E-state index in [2.05, 4.69) is 4.74 Å². The van der Waals surface area contributed by atoms with Crippen molar-refractivity contribution in [3.63, 3.8) is 0 Å². The molecule has 20 heavy (non-hydrogen) atoms. The summed E-state index contributed by atoms with van der Waals surface area (Å²) in [5.74, 6) is -0.944. The highest BCUT2D eigenvalue weighted by Crippen LogP contribution is 2.32. The number of anilines is 1. The number of nitrogens with two attached hydrogens (primary N) is 1. The van der Waals surface area contributed by atoms with Crippen LogP contribution in [0, 0.1) is 0 Å². The average Bonchev–Trinajstić information content (AvgIpc) is 2.30. The van der Waals surface area contributed by atoms with Gasteiger partial charge < -0.3 is 15.2 Å². The molecule has 112 valence electrons. The molecule has 0 amide bonds. The maximum Gasteiger partial charge on any atom is 0.573 e. The Morgan fingerprint density at radius 3 is 2.60 bits per heavy atom. The Labute approximate surface area is 118 Å². The number of hydrogen-bond acceptors (Lipinski definition) is 4. The number of carbonyl (C=O) groups excluding carboxylic acids is 1. The zero-order chi connectivity index (χ0) is 15.3. The molecule has 1 aromatic rings. The van der Waals surface area contributed by atoms with Crippen LogP contribution in [-0.2, 0) is 16.0 Å². The van der Waals surface area contributed by atoms with Crippen molar-refractivity contribution in [3.8, 4) is 5.75 Å². The molecule has 0 atom stereocenters. The van der Waals surface area contributed by atoms with E-state index in [0.717, 1.165) is 12.1 Å². The molecule has 0 saturated heterocycles. The van der Waals surface area contributed by atoms with Crippen LogP contribution < -0.4 is 10.5 Å². The van der Waals surface area contributed by atoms with Gasteiger partial charge in [0.15, 0.2) is 0 Å². The fourth-order valence-corrected chi connectivity index (χ4v) is 1.75. The summed E-state index contributed by atoms with van der Waals surface area (Å²) in [7, 11) is 0. The number of aryl methyl sites for hydroxylation is 1. The Morgan fingerprint density at radius 1 is 1.40 bits per heavy atom. The maximum atomic E-state index is 12.1. The SMILES string of the molecule is CCOC(=O)CCc1cc(OC(F)(F)F)cc(Cl)c1N. The van der Waals surface area contributed by atoms with Gasteiger partial charge in [-0.15, -0.1) is 13.2 Å². The predicted molar refractivity (Wildman–Crippen MR) is 67.5 cm³/mol. The van der Waals surface area contributed by atoms with Crippen LogP contribution in [0.4, 0.5) is 18.9 Å². The van der Waals surface area contributed by atoms with Gasteiger partial charge in [0.25, 0.3) is 0 Å². The Balaban J connectivity index is 2.86. The van der Waals surface area contributed by atoms with E-state index in [1.807, 2.05) is 0 Å². The van der Waals surface area contributed by atoms with Gasteiger partial charge in [0.1, 0.15) is 5.75 Å². The van der Waals surface area contributed by atoms with Crippen molar-refractivity contribution in [3.05, 3.63) is 22.7 Å². The van der Waals surface area contributed by atoms with Gasteiger partial charge in [-0.25, -0.2) is 0 Å². The van der Waals surface area contributed by atoms with Crippen LogP contribution >= 0.6 is 11.6 Å². The number of hydrogen-bond donors (Lipinski definition) is 1. The second kappa shape index (κ2) is 6.69. The van der Waals surface area contributed by atoms with E-state index in [4.69, 9.17) is 22.1 Å². The Kier molecular flexibility index (Phi) is 5.50. The zero-order valence-electron chi connectivity index (χ0n) is 10.6. The highest BCUT2D eigenvalue weighted by Gasteiger charge is 2.31. The summed E-state index contributed by atoms with van der Waals surface area (Å²) < 4.78 is 44.9. The quantitative estimate of drug-likeness (QED) is 0.669. The average molecular weight is 312 g/mol. The van der Waals surface area contributed by atoms with Crippen LogP contribution in [0.25, 0.3) is 0 Å². The van der Waals surface area contributed by atoms with E-state index < -0.39 is 18.1 Å². The number of rotatable bonds is 5. The van der Waals surface area contributed by atoms with Gasteiger partial charge in [0, 0.05) is 12.5 Å². The van der Waals surface area contributed by atoms with Crippen LogP contribution in [0.2, 0.25) is 5.02 Å². The summed E-state index contributed by atoms with van der Waals surface area (Å²) in [5.41, 5.74) is 6.07. The lowest BCUT2D eigenvalue weighted by Gasteiger charge is -2.13. The summed E-state index contributed by atoms with van der Waals surface area (Å²) in [4.78, 5) is 11.2. The molecule has 2 N–H and O–H groups in total. The monoisotopic (exact) mass is 311 g/mol. The molecule has 0 bridgehead atoms. The van der Waals surface area contributed by atoms with Crippen LogP contribution in [0.1, 0.15) is 18.9 Å². The third-order valence-corrected chi connectivity index (χ3v) is 2.64. The molecule has 4 nitrogen and oxygen atoms in total. The molecule has 0 aliphatic rings. The van der Waals surface area contributed by atoms with Crippen LogP contribution in [0.5, 0.6) is 5.75 Å². The number of esters is 1. The molecule has 0 spiro atoms. The number of benzene rings is 1. The zero-order valence-corrected chi connectivity index (χ0v) is 11.3. The topological polar surface area (TPSA) is 61.5 Å². The first-order valence-corrected chi connectivity index (χ1v) is 6.10. The van der Waals surface area contributed by atoms with Gasteiger partial charge in [-0.2, -0.15) is 0 Å². The third-order valence-electron chi connectivity index (χ3n) is 2.33. The minimum Gasteiger partial charge on any atom is -0.466 e. The maximum absolute atomic E-state index is 12.1. The summed E-state index contributed by atoms with van der Waals surface area (Å²) in [6, 6.07) is 2.08. The Bertz CT molecular complexity index is 492. The first-order chi connectivity index (χ1) is 9.23. The van der Waals surface area contributed by atoms with E-state index in [0.29, 0.717) is 5.56 Å². The molecular formula is C12H13ClF3NO3. The van der Waals surface area contributed by atoms with E-state index in [1.54, 1.807) is 6.92 Å². The van der Waals surface area contributed by atoms with Crippen molar-refractivity contribution >= 4 is 23.3 Å². The molecule has 0 aliphatic carbocycles. The van der Waals surface area contributed by atoms with Gasteiger partial charge in [0.2, 0.25) is 0 Å². The first-order valence-electron chi connectivity index (χ1n) is 5.72. The van der Waals surface area contributed by atoms with Crippen molar-refractivity contribution in [1.29, 1.82) is 0 Å². The molecule has 0 aromatic heterocycles. The minimum atomic E-state index is -4.82. The van der Waals surface area contributed by atoms with Gasteiger partial charge in [0.05, 0.1) is 17.3 Å². The van der Waals surface area contributed by atoms with Crippen LogP contribution in [0.3, 0.4) is 0 Å². The molecular weight excluding hydrogens is 299 g/mol. The molecule has 8 heteroatoms.